The Balaban J connectivity index is 2.72. The fraction of sp³-hybridized carbons (Fsp3) is 0.364. The topological polar surface area (TPSA) is 61.8 Å². The van der Waals surface area contributed by atoms with E-state index in [-0.39, 0.29) is 5.84 Å². The van der Waals surface area contributed by atoms with Crippen molar-refractivity contribution in [1.82, 2.24) is 4.90 Å². The molecular weight excluding hydrogens is 190 g/mol. The molecule has 0 aliphatic rings. The fourth-order valence-corrected chi connectivity index (χ4v) is 1.26. The van der Waals surface area contributed by atoms with E-state index in [1.165, 1.54) is 5.56 Å². The predicted molar refractivity (Wildman–Crippen MR) is 61.0 cm³/mol. The molecule has 4 nitrogen and oxygen atoms in total. The molecule has 15 heavy (non-hydrogen) atoms. The summed E-state index contributed by atoms with van der Waals surface area (Å²) in [6.07, 6.45) is 0. The van der Waals surface area contributed by atoms with Crippen LogP contribution in [0.4, 0.5) is 0 Å². The van der Waals surface area contributed by atoms with Gasteiger partial charge < -0.3 is 15.8 Å². The van der Waals surface area contributed by atoms with Crippen LogP contribution in [0.5, 0.6) is 0 Å². The van der Waals surface area contributed by atoms with Gasteiger partial charge in [0.15, 0.2) is 5.84 Å². The lowest BCUT2D eigenvalue weighted by Gasteiger charge is -2.13. The zero-order valence-electron chi connectivity index (χ0n) is 9.14. The smallest absolute Gasteiger partial charge is 0.170 e. The summed E-state index contributed by atoms with van der Waals surface area (Å²) < 4.78 is 0. The molecule has 0 saturated heterocycles. The molecule has 0 aliphatic carbocycles. The van der Waals surface area contributed by atoms with Crippen LogP contribution in [0.15, 0.2) is 29.4 Å². The van der Waals surface area contributed by atoms with Crippen molar-refractivity contribution in [3.8, 4) is 0 Å². The minimum absolute atomic E-state index is 0.144. The second-order valence-electron chi connectivity index (χ2n) is 3.51. The summed E-state index contributed by atoms with van der Waals surface area (Å²) in [6.45, 7) is 4.04. The molecule has 0 amide bonds. The summed E-state index contributed by atoms with van der Waals surface area (Å²) in [7, 11) is 2.07. The molecule has 0 unspecified atom stereocenters. The van der Waals surface area contributed by atoms with Gasteiger partial charge in [0.25, 0.3) is 0 Å². The van der Waals surface area contributed by atoms with Crippen LogP contribution in [0, 0.1) is 0 Å². The maximum Gasteiger partial charge on any atom is 0.170 e. The zero-order valence-corrected chi connectivity index (χ0v) is 9.14. The second kappa shape index (κ2) is 5.36. The highest BCUT2D eigenvalue weighted by atomic mass is 16.4. The first-order valence-corrected chi connectivity index (χ1v) is 4.92. The largest absolute Gasteiger partial charge is 0.409 e. The molecule has 0 bridgehead atoms. The van der Waals surface area contributed by atoms with Gasteiger partial charge in [0.05, 0.1) is 0 Å². The van der Waals surface area contributed by atoms with Crippen LogP contribution in [0.2, 0.25) is 0 Å². The van der Waals surface area contributed by atoms with Crippen molar-refractivity contribution < 1.29 is 5.21 Å². The van der Waals surface area contributed by atoms with E-state index >= 15 is 0 Å². The predicted octanol–water partition coefficient (Wildman–Crippen LogP) is 1.23. The lowest BCUT2D eigenvalue weighted by Crippen LogP contribution is -2.17. The lowest BCUT2D eigenvalue weighted by atomic mass is 10.1. The average molecular weight is 207 g/mol. The molecule has 82 valence electrons. The van der Waals surface area contributed by atoms with E-state index in [0.29, 0.717) is 0 Å². The van der Waals surface area contributed by atoms with Gasteiger partial charge in [-0.2, -0.15) is 0 Å². The third-order valence-electron chi connectivity index (χ3n) is 2.35. The summed E-state index contributed by atoms with van der Waals surface area (Å²) in [4.78, 5) is 2.21. The molecule has 0 aromatic heterocycles. The maximum absolute atomic E-state index is 8.50. The van der Waals surface area contributed by atoms with Crippen molar-refractivity contribution >= 4 is 5.84 Å². The minimum atomic E-state index is 0.144. The van der Waals surface area contributed by atoms with Gasteiger partial charge in [-0.25, -0.2) is 0 Å². The van der Waals surface area contributed by atoms with Gasteiger partial charge in [0, 0.05) is 12.1 Å². The van der Waals surface area contributed by atoms with Crippen LogP contribution < -0.4 is 5.73 Å². The number of nitrogens with two attached hydrogens (primary N) is 1. The molecule has 1 aromatic carbocycles. The minimum Gasteiger partial charge on any atom is -0.409 e. The van der Waals surface area contributed by atoms with Gasteiger partial charge in [-0.15, -0.1) is 0 Å². The molecule has 0 atom stereocenters. The average Bonchev–Trinajstić information content (AvgIpc) is 2.29. The SMILES string of the molecule is CCN(C)Cc1ccc(/C(N)=N/O)cc1. The van der Waals surface area contributed by atoms with Gasteiger partial charge >= 0.3 is 0 Å². The molecule has 3 N–H and O–H groups in total. The quantitative estimate of drug-likeness (QED) is 0.338. The molecule has 1 rings (SSSR count). The Kier molecular flexibility index (Phi) is 4.12. The van der Waals surface area contributed by atoms with Crippen LogP contribution in [0.1, 0.15) is 18.1 Å². The van der Waals surface area contributed by atoms with Crippen LogP contribution in [-0.2, 0) is 6.54 Å². The van der Waals surface area contributed by atoms with Crippen molar-refractivity contribution in [2.75, 3.05) is 13.6 Å². The molecule has 0 saturated carbocycles. The number of oxime groups is 1. The second-order valence-corrected chi connectivity index (χ2v) is 3.51. The van der Waals surface area contributed by atoms with E-state index in [4.69, 9.17) is 10.9 Å². The van der Waals surface area contributed by atoms with Gasteiger partial charge in [-0.05, 0) is 19.2 Å². The number of hydrogen-bond acceptors (Lipinski definition) is 3. The van der Waals surface area contributed by atoms with Crippen molar-refractivity contribution in [2.24, 2.45) is 10.9 Å². The van der Waals surface area contributed by atoms with E-state index in [2.05, 4.69) is 24.0 Å². The number of nitrogens with zero attached hydrogens (tertiary/aromatic N) is 2. The van der Waals surface area contributed by atoms with Crippen molar-refractivity contribution in [3.05, 3.63) is 35.4 Å². The Morgan fingerprint density at radius 2 is 2.00 bits per heavy atom. The molecule has 4 heteroatoms. The summed E-state index contributed by atoms with van der Waals surface area (Å²) in [5.41, 5.74) is 7.41. The lowest BCUT2D eigenvalue weighted by molar-refractivity contribution is 0.318. The van der Waals surface area contributed by atoms with Crippen LogP contribution in [0.3, 0.4) is 0 Å². The zero-order chi connectivity index (χ0) is 11.3. The maximum atomic E-state index is 8.50. The Hall–Kier alpha value is -1.55. The summed E-state index contributed by atoms with van der Waals surface area (Å²) >= 11 is 0. The van der Waals surface area contributed by atoms with E-state index in [9.17, 15) is 0 Å². The van der Waals surface area contributed by atoms with E-state index in [0.717, 1.165) is 18.7 Å². The van der Waals surface area contributed by atoms with Crippen LogP contribution in [0.25, 0.3) is 0 Å². The first-order valence-electron chi connectivity index (χ1n) is 4.92. The van der Waals surface area contributed by atoms with Gasteiger partial charge in [0.2, 0.25) is 0 Å². The number of rotatable bonds is 4. The van der Waals surface area contributed by atoms with Crippen LogP contribution >= 0.6 is 0 Å². The molecule has 0 spiro atoms. The molecule has 0 heterocycles. The first-order chi connectivity index (χ1) is 7.17. The summed E-state index contributed by atoms with van der Waals surface area (Å²) in [5, 5.41) is 11.4. The molecule has 1 aromatic rings. The Morgan fingerprint density at radius 1 is 1.40 bits per heavy atom. The third-order valence-corrected chi connectivity index (χ3v) is 2.35. The van der Waals surface area contributed by atoms with Gasteiger partial charge in [-0.3, -0.25) is 0 Å². The van der Waals surface area contributed by atoms with Crippen LogP contribution in [-0.4, -0.2) is 29.5 Å². The van der Waals surface area contributed by atoms with Crippen molar-refractivity contribution in [2.45, 2.75) is 13.5 Å². The fourth-order valence-electron chi connectivity index (χ4n) is 1.26. The molecule has 0 fully saturated rings. The van der Waals surface area contributed by atoms with Crippen molar-refractivity contribution in [3.63, 3.8) is 0 Å². The van der Waals surface area contributed by atoms with Crippen molar-refractivity contribution in [1.29, 1.82) is 0 Å². The van der Waals surface area contributed by atoms with E-state index < -0.39 is 0 Å². The number of benzene rings is 1. The Morgan fingerprint density at radius 3 is 2.47 bits per heavy atom. The Labute approximate surface area is 90.0 Å². The summed E-state index contributed by atoms with van der Waals surface area (Å²) in [6, 6.07) is 7.68. The first kappa shape index (κ1) is 11.5. The third kappa shape index (κ3) is 3.25. The molecular formula is C11H17N3O. The molecule has 0 aliphatic heterocycles. The highest BCUT2D eigenvalue weighted by molar-refractivity contribution is 5.96. The monoisotopic (exact) mass is 207 g/mol. The molecule has 0 radical (unpaired) electrons. The van der Waals surface area contributed by atoms with Gasteiger partial charge in [0.1, 0.15) is 0 Å². The highest BCUT2D eigenvalue weighted by Crippen LogP contribution is 2.06. The Bertz CT molecular complexity index is 332. The standard InChI is InChI=1S/C11H17N3O/c1-3-14(2)8-9-4-6-10(7-5-9)11(12)13-15/h4-7,15H,3,8H2,1-2H3,(H2,12,13). The normalized spacial score (nSPS) is 12.1. The summed E-state index contributed by atoms with van der Waals surface area (Å²) in [5.74, 6) is 0.144. The van der Waals surface area contributed by atoms with Gasteiger partial charge in [-0.1, -0.05) is 36.3 Å². The van der Waals surface area contributed by atoms with E-state index in [1.54, 1.807) is 0 Å². The number of hydrogen-bond donors (Lipinski definition) is 2. The van der Waals surface area contributed by atoms with E-state index in [1.807, 2.05) is 24.3 Å². The number of amidine groups is 1. The highest BCUT2D eigenvalue weighted by Gasteiger charge is 2.00.